The SMILES string of the molecule is COC(=O)/C(=C/C=C/N(C(C)=O)c1ccccc1)S(C)(=O)=O. The van der Waals surface area contributed by atoms with E-state index in [2.05, 4.69) is 4.74 Å². The van der Waals surface area contributed by atoms with Crippen molar-refractivity contribution >= 4 is 27.4 Å². The fourth-order valence-electron chi connectivity index (χ4n) is 1.62. The maximum atomic E-state index is 11.7. The lowest BCUT2D eigenvalue weighted by molar-refractivity contribution is -0.135. The lowest BCUT2D eigenvalue weighted by Crippen LogP contribution is -2.21. The van der Waals surface area contributed by atoms with Crippen molar-refractivity contribution in [3.8, 4) is 0 Å². The minimum atomic E-state index is -3.73. The monoisotopic (exact) mass is 323 g/mol. The van der Waals surface area contributed by atoms with Crippen LogP contribution in [0.3, 0.4) is 0 Å². The number of methoxy groups -OCH3 is 1. The van der Waals surface area contributed by atoms with Gasteiger partial charge in [-0.05, 0) is 24.3 Å². The first kappa shape index (κ1) is 17.6. The van der Waals surface area contributed by atoms with E-state index in [0.29, 0.717) is 5.69 Å². The molecule has 0 aliphatic carbocycles. The molecule has 0 spiro atoms. The molecule has 0 heterocycles. The van der Waals surface area contributed by atoms with Gasteiger partial charge in [-0.15, -0.1) is 0 Å². The topological polar surface area (TPSA) is 80.8 Å². The van der Waals surface area contributed by atoms with E-state index in [1.54, 1.807) is 24.3 Å². The van der Waals surface area contributed by atoms with Gasteiger partial charge < -0.3 is 4.74 Å². The van der Waals surface area contributed by atoms with Crippen molar-refractivity contribution in [3.63, 3.8) is 0 Å². The fraction of sp³-hybridized carbons (Fsp3) is 0.200. The van der Waals surface area contributed by atoms with Crippen LogP contribution in [0.1, 0.15) is 6.92 Å². The average Bonchev–Trinajstić information content (AvgIpc) is 2.45. The summed E-state index contributed by atoms with van der Waals surface area (Å²) in [6.45, 7) is 1.37. The number of sulfone groups is 1. The first-order valence-corrected chi connectivity index (χ1v) is 8.18. The molecule has 0 atom stereocenters. The number of benzene rings is 1. The number of carbonyl (C=O) groups excluding carboxylic acids is 2. The van der Waals surface area contributed by atoms with Gasteiger partial charge in [0, 0.05) is 25.1 Å². The van der Waals surface area contributed by atoms with Crippen LogP contribution in [-0.2, 0) is 24.2 Å². The quantitative estimate of drug-likeness (QED) is 0.467. The highest BCUT2D eigenvalue weighted by molar-refractivity contribution is 7.95. The highest BCUT2D eigenvalue weighted by Gasteiger charge is 2.20. The van der Waals surface area contributed by atoms with Crippen LogP contribution in [0.25, 0.3) is 0 Å². The van der Waals surface area contributed by atoms with E-state index in [4.69, 9.17) is 0 Å². The number of hydrogen-bond acceptors (Lipinski definition) is 5. The van der Waals surface area contributed by atoms with Crippen LogP contribution in [0, 0.1) is 0 Å². The van der Waals surface area contributed by atoms with Crippen LogP contribution in [0.5, 0.6) is 0 Å². The second-order valence-electron chi connectivity index (χ2n) is 4.36. The average molecular weight is 323 g/mol. The highest BCUT2D eigenvalue weighted by Crippen LogP contribution is 2.14. The van der Waals surface area contributed by atoms with Crippen molar-refractivity contribution in [2.75, 3.05) is 18.3 Å². The molecule has 6 nitrogen and oxygen atoms in total. The number of nitrogens with zero attached hydrogens (tertiary/aromatic N) is 1. The number of esters is 1. The molecule has 0 aliphatic heterocycles. The number of amides is 1. The summed E-state index contributed by atoms with van der Waals surface area (Å²) < 4.78 is 27.5. The maximum Gasteiger partial charge on any atom is 0.349 e. The molecule has 0 aromatic heterocycles. The number of anilines is 1. The number of ether oxygens (including phenoxy) is 1. The van der Waals surface area contributed by atoms with E-state index in [0.717, 1.165) is 19.4 Å². The van der Waals surface area contributed by atoms with Gasteiger partial charge in [-0.1, -0.05) is 18.2 Å². The van der Waals surface area contributed by atoms with E-state index in [1.807, 2.05) is 6.07 Å². The van der Waals surface area contributed by atoms with Gasteiger partial charge in [0.2, 0.25) is 5.91 Å². The first-order valence-electron chi connectivity index (χ1n) is 6.29. The molecule has 0 saturated carbocycles. The third-order valence-electron chi connectivity index (χ3n) is 2.64. The number of rotatable bonds is 5. The van der Waals surface area contributed by atoms with E-state index in [9.17, 15) is 18.0 Å². The van der Waals surface area contributed by atoms with Crippen molar-refractivity contribution < 1.29 is 22.7 Å². The first-order chi connectivity index (χ1) is 10.3. The summed E-state index contributed by atoms with van der Waals surface area (Å²) in [6, 6.07) is 8.81. The summed E-state index contributed by atoms with van der Waals surface area (Å²) in [5.41, 5.74) is 0.624. The van der Waals surface area contributed by atoms with Crippen molar-refractivity contribution in [3.05, 3.63) is 53.6 Å². The minimum absolute atomic E-state index is 0.255. The number of hydrogen-bond donors (Lipinski definition) is 0. The Morgan fingerprint density at radius 2 is 1.77 bits per heavy atom. The predicted molar refractivity (Wildman–Crippen MR) is 83.7 cm³/mol. The molecular weight excluding hydrogens is 306 g/mol. The number of allylic oxidation sites excluding steroid dienone is 2. The second-order valence-corrected chi connectivity index (χ2v) is 6.34. The van der Waals surface area contributed by atoms with Crippen LogP contribution in [0.15, 0.2) is 53.6 Å². The smallest absolute Gasteiger partial charge is 0.349 e. The molecule has 0 unspecified atom stereocenters. The molecule has 1 aromatic rings. The van der Waals surface area contributed by atoms with E-state index in [1.165, 1.54) is 24.1 Å². The molecule has 7 heteroatoms. The zero-order chi connectivity index (χ0) is 16.8. The van der Waals surface area contributed by atoms with Gasteiger partial charge in [0.15, 0.2) is 14.7 Å². The van der Waals surface area contributed by atoms with Crippen molar-refractivity contribution in [2.45, 2.75) is 6.92 Å². The summed E-state index contributed by atoms with van der Waals surface area (Å²) in [4.78, 5) is 23.9. The Morgan fingerprint density at radius 1 is 1.18 bits per heavy atom. The van der Waals surface area contributed by atoms with Crippen molar-refractivity contribution in [1.82, 2.24) is 0 Å². The second kappa shape index (κ2) is 7.56. The highest BCUT2D eigenvalue weighted by atomic mass is 32.2. The Morgan fingerprint density at radius 3 is 2.23 bits per heavy atom. The predicted octanol–water partition coefficient (Wildman–Crippen LogP) is 1.65. The summed E-state index contributed by atoms with van der Waals surface area (Å²) in [7, 11) is -2.63. The summed E-state index contributed by atoms with van der Waals surface area (Å²) in [6.07, 6.45) is 4.69. The Balaban J connectivity index is 3.13. The molecule has 0 bridgehead atoms. The molecule has 0 fully saturated rings. The molecule has 22 heavy (non-hydrogen) atoms. The van der Waals surface area contributed by atoms with E-state index in [-0.39, 0.29) is 5.91 Å². The summed E-state index contributed by atoms with van der Waals surface area (Å²) in [5, 5.41) is 0. The van der Waals surface area contributed by atoms with Gasteiger partial charge >= 0.3 is 5.97 Å². The molecule has 0 saturated heterocycles. The zero-order valence-corrected chi connectivity index (χ0v) is 13.3. The fourth-order valence-corrected chi connectivity index (χ4v) is 2.33. The van der Waals surface area contributed by atoms with Crippen LogP contribution in [0.2, 0.25) is 0 Å². The Hall–Kier alpha value is -2.41. The minimum Gasteiger partial charge on any atom is -0.465 e. The van der Waals surface area contributed by atoms with Crippen LogP contribution in [-0.4, -0.2) is 33.7 Å². The van der Waals surface area contributed by atoms with Gasteiger partial charge in [0.25, 0.3) is 0 Å². The van der Waals surface area contributed by atoms with Gasteiger partial charge in [0.1, 0.15) is 0 Å². The third kappa shape index (κ3) is 4.85. The van der Waals surface area contributed by atoms with Crippen molar-refractivity contribution in [1.29, 1.82) is 0 Å². The summed E-state index contributed by atoms with van der Waals surface area (Å²) in [5.74, 6) is -1.21. The number of para-hydroxylation sites is 1. The summed E-state index contributed by atoms with van der Waals surface area (Å²) >= 11 is 0. The van der Waals surface area contributed by atoms with E-state index >= 15 is 0 Å². The van der Waals surface area contributed by atoms with Crippen LogP contribution < -0.4 is 4.90 Å². The van der Waals surface area contributed by atoms with Crippen LogP contribution >= 0.6 is 0 Å². The zero-order valence-electron chi connectivity index (χ0n) is 12.5. The Kier molecular flexibility index (Phi) is 6.06. The molecule has 118 valence electrons. The lowest BCUT2D eigenvalue weighted by atomic mass is 10.3. The maximum absolute atomic E-state index is 11.7. The van der Waals surface area contributed by atoms with Gasteiger partial charge in [0.05, 0.1) is 7.11 Å². The molecule has 0 radical (unpaired) electrons. The van der Waals surface area contributed by atoms with E-state index < -0.39 is 20.7 Å². The Labute approximate surface area is 129 Å². The Bertz CT molecular complexity index is 705. The lowest BCUT2D eigenvalue weighted by Gasteiger charge is -2.15. The largest absolute Gasteiger partial charge is 0.465 e. The van der Waals surface area contributed by atoms with Gasteiger partial charge in [-0.3, -0.25) is 9.69 Å². The molecule has 1 rings (SSSR count). The molecule has 0 aliphatic rings. The van der Waals surface area contributed by atoms with Gasteiger partial charge in [-0.25, -0.2) is 13.2 Å². The number of carbonyl (C=O) groups is 2. The molecular formula is C15H17NO5S. The molecule has 1 aromatic carbocycles. The molecule has 0 N–H and O–H groups in total. The normalized spacial score (nSPS) is 12.2. The van der Waals surface area contributed by atoms with Crippen LogP contribution in [0.4, 0.5) is 5.69 Å². The molecule has 1 amide bonds. The third-order valence-corrected chi connectivity index (χ3v) is 3.74. The van der Waals surface area contributed by atoms with Crippen molar-refractivity contribution in [2.24, 2.45) is 0 Å². The standard InChI is InChI=1S/C15H17NO5S/c1-12(17)16(13-8-5-4-6-9-13)11-7-10-14(15(18)21-2)22(3,19)20/h4-11H,1-3H3/b11-7+,14-10-. The van der Waals surface area contributed by atoms with Gasteiger partial charge in [-0.2, -0.15) is 0 Å².